The van der Waals surface area contributed by atoms with Gasteiger partial charge in [-0.15, -0.1) is 0 Å². The zero-order valence-electron chi connectivity index (χ0n) is 10.5. The van der Waals surface area contributed by atoms with E-state index in [0.29, 0.717) is 0 Å². The predicted octanol–water partition coefficient (Wildman–Crippen LogP) is 2.24. The maximum absolute atomic E-state index is 4.43. The molecule has 0 spiro atoms. The molecule has 0 atom stereocenters. The summed E-state index contributed by atoms with van der Waals surface area (Å²) in [5.74, 6) is 0.970. The van der Waals surface area contributed by atoms with Crippen LogP contribution >= 0.6 is 11.5 Å². The molecule has 5 heteroatoms. The highest BCUT2D eigenvalue weighted by molar-refractivity contribution is 7.09. The minimum atomic E-state index is 0.947. The summed E-state index contributed by atoms with van der Waals surface area (Å²) < 4.78 is 4.30. The number of anilines is 1. The van der Waals surface area contributed by atoms with Crippen molar-refractivity contribution < 1.29 is 0 Å². The molecular formula is C11H22N4S. The van der Waals surface area contributed by atoms with Crippen LogP contribution < -0.4 is 5.32 Å². The lowest BCUT2D eigenvalue weighted by atomic mass is 10.3. The average molecular weight is 242 g/mol. The van der Waals surface area contributed by atoms with Crippen molar-refractivity contribution >= 4 is 16.7 Å². The van der Waals surface area contributed by atoms with E-state index in [-0.39, 0.29) is 0 Å². The monoisotopic (exact) mass is 242 g/mol. The van der Waals surface area contributed by atoms with Gasteiger partial charge in [0.25, 0.3) is 0 Å². The summed E-state index contributed by atoms with van der Waals surface area (Å²) in [4.78, 5) is 6.82. The van der Waals surface area contributed by atoms with Crippen molar-refractivity contribution in [1.29, 1.82) is 0 Å². The van der Waals surface area contributed by atoms with Gasteiger partial charge in [-0.1, -0.05) is 20.8 Å². The van der Waals surface area contributed by atoms with E-state index in [4.69, 9.17) is 0 Å². The Hall–Kier alpha value is -0.680. The van der Waals surface area contributed by atoms with Crippen LogP contribution in [-0.2, 0) is 6.42 Å². The van der Waals surface area contributed by atoms with Gasteiger partial charge < -0.3 is 10.2 Å². The van der Waals surface area contributed by atoms with Gasteiger partial charge in [0.1, 0.15) is 5.82 Å². The standard InChI is InChI=1S/C11H22N4S/c1-4-7-10-13-11(16-14-10)12-8-9-15(5-2)6-3/h4-9H2,1-3H3,(H,12,13,14). The van der Waals surface area contributed by atoms with E-state index >= 15 is 0 Å². The van der Waals surface area contributed by atoms with E-state index in [2.05, 4.69) is 40.3 Å². The Kier molecular flexibility index (Phi) is 6.33. The Bertz CT molecular complexity index is 283. The van der Waals surface area contributed by atoms with Gasteiger partial charge in [-0.3, -0.25) is 0 Å². The third kappa shape index (κ3) is 4.45. The van der Waals surface area contributed by atoms with Crippen LogP contribution in [0.25, 0.3) is 0 Å². The fraction of sp³-hybridized carbons (Fsp3) is 0.818. The summed E-state index contributed by atoms with van der Waals surface area (Å²) in [5.41, 5.74) is 0. The van der Waals surface area contributed by atoms with Gasteiger partial charge in [0.2, 0.25) is 5.13 Å². The molecule has 0 amide bonds. The van der Waals surface area contributed by atoms with Gasteiger partial charge in [-0.25, -0.2) is 4.98 Å². The Morgan fingerprint density at radius 1 is 1.25 bits per heavy atom. The first-order chi connectivity index (χ1) is 7.80. The van der Waals surface area contributed by atoms with E-state index in [0.717, 1.165) is 50.0 Å². The number of nitrogens with one attached hydrogen (secondary N) is 1. The van der Waals surface area contributed by atoms with Crippen LogP contribution in [0.2, 0.25) is 0 Å². The highest BCUT2D eigenvalue weighted by Crippen LogP contribution is 2.11. The Morgan fingerprint density at radius 3 is 2.62 bits per heavy atom. The van der Waals surface area contributed by atoms with Crippen LogP contribution in [0, 0.1) is 0 Å². The van der Waals surface area contributed by atoms with Crippen LogP contribution in [0.4, 0.5) is 5.13 Å². The van der Waals surface area contributed by atoms with Crippen LogP contribution in [0.1, 0.15) is 33.0 Å². The van der Waals surface area contributed by atoms with Gasteiger partial charge in [0.15, 0.2) is 0 Å². The fourth-order valence-corrected chi connectivity index (χ4v) is 2.15. The Labute approximate surface area is 102 Å². The second kappa shape index (κ2) is 7.57. The second-order valence-corrected chi connectivity index (χ2v) is 4.47. The van der Waals surface area contributed by atoms with Crippen molar-refractivity contribution in [3.8, 4) is 0 Å². The molecule has 0 bridgehead atoms. The predicted molar refractivity (Wildman–Crippen MR) is 70.2 cm³/mol. The molecule has 1 N–H and O–H groups in total. The molecule has 0 fully saturated rings. The van der Waals surface area contributed by atoms with Crippen molar-refractivity contribution in [2.75, 3.05) is 31.5 Å². The molecule has 0 aliphatic carbocycles. The van der Waals surface area contributed by atoms with Crippen molar-refractivity contribution in [3.05, 3.63) is 5.82 Å². The van der Waals surface area contributed by atoms with Gasteiger partial charge in [0.05, 0.1) is 0 Å². The molecule has 92 valence electrons. The number of rotatable bonds is 8. The lowest BCUT2D eigenvalue weighted by molar-refractivity contribution is 0.316. The average Bonchev–Trinajstić information content (AvgIpc) is 2.73. The zero-order valence-corrected chi connectivity index (χ0v) is 11.3. The molecule has 0 aromatic carbocycles. The van der Waals surface area contributed by atoms with E-state index < -0.39 is 0 Å². The smallest absolute Gasteiger partial charge is 0.202 e. The van der Waals surface area contributed by atoms with E-state index in [9.17, 15) is 0 Å². The van der Waals surface area contributed by atoms with Gasteiger partial charge in [0, 0.05) is 31.0 Å². The van der Waals surface area contributed by atoms with Crippen LogP contribution in [0.3, 0.4) is 0 Å². The molecule has 1 aromatic heterocycles. The maximum Gasteiger partial charge on any atom is 0.202 e. The number of hydrogen-bond acceptors (Lipinski definition) is 5. The lowest BCUT2D eigenvalue weighted by Crippen LogP contribution is -2.28. The third-order valence-electron chi connectivity index (χ3n) is 2.54. The topological polar surface area (TPSA) is 41.1 Å². The molecule has 4 nitrogen and oxygen atoms in total. The molecular weight excluding hydrogens is 220 g/mol. The molecule has 0 radical (unpaired) electrons. The molecule has 0 aliphatic rings. The number of likely N-dealkylation sites (N-methyl/N-ethyl adjacent to an activating group) is 1. The van der Waals surface area contributed by atoms with E-state index in [1.807, 2.05) is 0 Å². The number of nitrogens with zero attached hydrogens (tertiary/aromatic N) is 3. The summed E-state index contributed by atoms with van der Waals surface area (Å²) in [6, 6.07) is 0. The van der Waals surface area contributed by atoms with Crippen molar-refractivity contribution in [2.45, 2.75) is 33.6 Å². The molecule has 1 heterocycles. The summed E-state index contributed by atoms with van der Waals surface area (Å²) in [5, 5.41) is 4.28. The molecule has 0 aliphatic heterocycles. The van der Waals surface area contributed by atoms with Crippen molar-refractivity contribution in [3.63, 3.8) is 0 Å². The summed E-state index contributed by atoms with van der Waals surface area (Å²) in [6.07, 6.45) is 2.09. The third-order valence-corrected chi connectivity index (χ3v) is 3.25. The molecule has 1 aromatic rings. The summed E-state index contributed by atoms with van der Waals surface area (Å²) >= 11 is 1.47. The second-order valence-electron chi connectivity index (χ2n) is 3.72. The summed E-state index contributed by atoms with van der Waals surface area (Å²) in [7, 11) is 0. The Balaban J connectivity index is 2.25. The van der Waals surface area contributed by atoms with Gasteiger partial charge in [-0.2, -0.15) is 4.37 Å². The van der Waals surface area contributed by atoms with E-state index in [1.165, 1.54) is 11.5 Å². The number of aromatic nitrogens is 2. The van der Waals surface area contributed by atoms with Crippen LogP contribution in [-0.4, -0.2) is 40.4 Å². The van der Waals surface area contributed by atoms with Crippen LogP contribution in [0.15, 0.2) is 0 Å². The van der Waals surface area contributed by atoms with E-state index in [1.54, 1.807) is 0 Å². The zero-order chi connectivity index (χ0) is 11.8. The van der Waals surface area contributed by atoms with Gasteiger partial charge >= 0.3 is 0 Å². The number of hydrogen-bond donors (Lipinski definition) is 1. The summed E-state index contributed by atoms with van der Waals surface area (Å²) in [6.45, 7) is 10.7. The van der Waals surface area contributed by atoms with Crippen LogP contribution in [0.5, 0.6) is 0 Å². The highest BCUT2D eigenvalue weighted by Gasteiger charge is 2.03. The highest BCUT2D eigenvalue weighted by atomic mass is 32.1. The van der Waals surface area contributed by atoms with Gasteiger partial charge in [-0.05, 0) is 19.5 Å². The Morgan fingerprint density at radius 2 is 2.00 bits per heavy atom. The number of aryl methyl sites for hydroxylation is 1. The molecule has 0 unspecified atom stereocenters. The molecule has 1 rings (SSSR count). The minimum absolute atomic E-state index is 0.947. The normalized spacial score (nSPS) is 11.0. The van der Waals surface area contributed by atoms with Crippen molar-refractivity contribution in [1.82, 2.24) is 14.3 Å². The SMILES string of the molecule is CCCc1nsc(NCCN(CC)CC)n1. The first-order valence-electron chi connectivity index (χ1n) is 6.08. The molecule has 0 saturated heterocycles. The van der Waals surface area contributed by atoms with Crippen molar-refractivity contribution in [2.24, 2.45) is 0 Å². The largest absolute Gasteiger partial charge is 0.359 e. The molecule has 0 saturated carbocycles. The maximum atomic E-state index is 4.43. The first kappa shape index (κ1) is 13.4. The first-order valence-corrected chi connectivity index (χ1v) is 6.86. The fourth-order valence-electron chi connectivity index (χ4n) is 1.51. The molecule has 16 heavy (non-hydrogen) atoms. The minimum Gasteiger partial charge on any atom is -0.359 e. The quantitative estimate of drug-likeness (QED) is 0.759. The lowest BCUT2D eigenvalue weighted by Gasteiger charge is -2.17.